The van der Waals surface area contributed by atoms with Crippen molar-refractivity contribution in [1.82, 2.24) is 0 Å². The van der Waals surface area contributed by atoms with Crippen LogP contribution in [0.5, 0.6) is 5.75 Å². The Morgan fingerprint density at radius 3 is 2.73 bits per heavy atom. The van der Waals surface area contributed by atoms with Crippen molar-refractivity contribution < 1.29 is 19.7 Å². The van der Waals surface area contributed by atoms with Crippen molar-refractivity contribution >= 4 is 5.97 Å². The average molecular weight is 210 g/mol. The number of aliphatic hydroxyl groups is 1. The molecule has 4 nitrogen and oxygen atoms in total. The summed E-state index contributed by atoms with van der Waals surface area (Å²) >= 11 is 0. The highest BCUT2D eigenvalue weighted by Crippen LogP contribution is 2.16. The Kier molecular flexibility index (Phi) is 4.12. The number of hydrogen-bond acceptors (Lipinski definition) is 4. The molecule has 2 N–H and O–H groups in total. The number of rotatable bonds is 4. The minimum atomic E-state index is -0.653. The van der Waals surface area contributed by atoms with E-state index in [0.29, 0.717) is 6.42 Å². The molecule has 0 aliphatic heterocycles. The highest BCUT2D eigenvalue weighted by molar-refractivity contribution is 5.92. The van der Waals surface area contributed by atoms with Crippen LogP contribution in [0.2, 0.25) is 0 Å². The smallest absolute Gasteiger partial charge is 0.342 e. The fourth-order valence-electron chi connectivity index (χ4n) is 1.01. The van der Waals surface area contributed by atoms with E-state index >= 15 is 0 Å². The molecule has 0 aliphatic rings. The van der Waals surface area contributed by atoms with Gasteiger partial charge in [0.1, 0.15) is 17.9 Å². The third kappa shape index (κ3) is 3.25. The Labute approximate surface area is 88.1 Å². The molecule has 0 saturated heterocycles. The van der Waals surface area contributed by atoms with Crippen LogP contribution in [-0.2, 0) is 4.74 Å². The summed E-state index contributed by atoms with van der Waals surface area (Å²) in [6.45, 7) is 1.74. The average Bonchev–Trinajstić information content (AvgIpc) is 2.26. The zero-order valence-electron chi connectivity index (χ0n) is 8.51. The van der Waals surface area contributed by atoms with Crippen LogP contribution in [-0.4, -0.2) is 28.9 Å². The first-order chi connectivity index (χ1) is 7.15. The molecule has 1 aromatic rings. The Balaban J connectivity index is 2.58. The maximum Gasteiger partial charge on any atom is 0.342 e. The molecule has 0 aliphatic carbocycles. The van der Waals surface area contributed by atoms with Crippen LogP contribution in [0.25, 0.3) is 0 Å². The van der Waals surface area contributed by atoms with Gasteiger partial charge in [-0.25, -0.2) is 4.79 Å². The summed E-state index contributed by atoms with van der Waals surface area (Å²) in [5.41, 5.74) is 0.112. The quantitative estimate of drug-likeness (QED) is 0.735. The molecule has 0 fully saturated rings. The number of esters is 1. The molecule has 1 rings (SSSR count). The lowest BCUT2D eigenvalue weighted by Gasteiger charge is -2.09. The fraction of sp³-hybridized carbons (Fsp3) is 0.364. The van der Waals surface area contributed by atoms with E-state index in [0.717, 1.165) is 0 Å². The van der Waals surface area contributed by atoms with Gasteiger partial charge in [-0.1, -0.05) is 19.1 Å². The molecule has 0 spiro atoms. The third-order valence-corrected chi connectivity index (χ3v) is 2.00. The molecule has 0 saturated carbocycles. The standard InChI is InChI=1S/C11H14O4/c1-2-8(12)7-15-11(14)9-5-3-4-6-10(9)13/h3-6,8,12-13H,2,7H2,1H3. The molecule has 0 aromatic heterocycles. The van der Waals surface area contributed by atoms with Crippen LogP contribution >= 0.6 is 0 Å². The summed E-state index contributed by atoms with van der Waals surface area (Å²) in [5.74, 6) is -0.742. The summed E-state index contributed by atoms with van der Waals surface area (Å²) in [6, 6.07) is 6.13. The van der Waals surface area contributed by atoms with Crippen molar-refractivity contribution in [2.45, 2.75) is 19.4 Å². The molecule has 1 atom stereocenters. The highest BCUT2D eigenvalue weighted by atomic mass is 16.5. The number of benzene rings is 1. The van der Waals surface area contributed by atoms with Crippen LogP contribution in [0, 0.1) is 0 Å². The van der Waals surface area contributed by atoms with E-state index in [-0.39, 0.29) is 17.9 Å². The Morgan fingerprint density at radius 1 is 1.47 bits per heavy atom. The maximum atomic E-state index is 11.4. The topological polar surface area (TPSA) is 66.8 Å². The molecule has 4 heteroatoms. The van der Waals surface area contributed by atoms with E-state index in [4.69, 9.17) is 4.74 Å². The van der Waals surface area contributed by atoms with E-state index < -0.39 is 12.1 Å². The van der Waals surface area contributed by atoms with Gasteiger partial charge in [-0.3, -0.25) is 0 Å². The summed E-state index contributed by atoms with van der Waals surface area (Å²) < 4.78 is 4.81. The van der Waals surface area contributed by atoms with Crippen LogP contribution in [0.3, 0.4) is 0 Å². The second-order valence-electron chi connectivity index (χ2n) is 3.18. The van der Waals surface area contributed by atoms with Crippen molar-refractivity contribution in [3.8, 4) is 5.75 Å². The number of carbonyl (C=O) groups excluding carboxylic acids is 1. The highest BCUT2D eigenvalue weighted by Gasteiger charge is 2.12. The minimum Gasteiger partial charge on any atom is -0.507 e. The molecule has 0 heterocycles. The van der Waals surface area contributed by atoms with Gasteiger partial charge >= 0.3 is 5.97 Å². The first kappa shape index (κ1) is 11.5. The predicted octanol–water partition coefficient (Wildman–Crippen LogP) is 1.32. The van der Waals surface area contributed by atoms with E-state index in [9.17, 15) is 15.0 Å². The predicted molar refractivity (Wildman–Crippen MR) is 54.7 cm³/mol. The maximum absolute atomic E-state index is 11.4. The van der Waals surface area contributed by atoms with Gasteiger partial charge in [-0.2, -0.15) is 0 Å². The van der Waals surface area contributed by atoms with Gasteiger partial charge in [0.25, 0.3) is 0 Å². The zero-order valence-corrected chi connectivity index (χ0v) is 8.51. The Bertz CT molecular complexity index is 335. The largest absolute Gasteiger partial charge is 0.507 e. The number of phenolic OH excluding ortho intramolecular Hbond substituents is 1. The Morgan fingerprint density at radius 2 is 2.13 bits per heavy atom. The second kappa shape index (κ2) is 5.36. The lowest BCUT2D eigenvalue weighted by Crippen LogP contribution is -2.17. The van der Waals surface area contributed by atoms with E-state index in [1.807, 2.05) is 0 Å². The number of phenols is 1. The third-order valence-electron chi connectivity index (χ3n) is 2.00. The normalized spacial score (nSPS) is 12.1. The van der Waals surface area contributed by atoms with E-state index in [1.54, 1.807) is 19.1 Å². The van der Waals surface area contributed by atoms with E-state index in [2.05, 4.69) is 0 Å². The summed E-state index contributed by atoms with van der Waals surface area (Å²) in [6.07, 6.45) is -0.131. The van der Waals surface area contributed by atoms with Gasteiger partial charge in [0.15, 0.2) is 0 Å². The number of hydrogen-bond donors (Lipinski definition) is 2. The van der Waals surface area contributed by atoms with E-state index in [1.165, 1.54) is 12.1 Å². The first-order valence-electron chi connectivity index (χ1n) is 4.78. The molecular weight excluding hydrogens is 196 g/mol. The van der Waals surface area contributed by atoms with Crippen LogP contribution in [0.1, 0.15) is 23.7 Å². The molecule has 1 unspecified atom stereocenters. The molecule has 82 valence electrons. The van der Waals surface area contributed by atoms with Gasteiger partial charge < -0.3 is 14.9 Å². The van der Waals surface area contributed by atoms with Crippen molar-refractivity contribution in [2.24, 2.45) is 0 Å². The second-order valence-corrected chi connectivity index (χ2v) is 3.18. The molecular formula is C11H14O4. The molecule has 0 radical (unpaired) electrons. The first-order valence-corrected chi connectivity index (χ1v) is 4.78. The van der Waals surface area contributed by atoms with Gasteiger partial charge in [-0.15, -0.1) is 0 Å². The van der Waals surface area contributed by atoms with Crippen LogP contribution < -0.4 is 0 Å². The molecule has 1 aromatic carbocycles. The molecule has 0 bridgehead atoms. The van der Waals surface area contributed by atoms with Crippen molar-refractivity contribution in [1.29, 1.82) is 0 Å². The van der Waals surface area contributed by atoms with Gasteiger partial charge in [0.2, 0.25) is 0 Å². The van der Waals surface area contributed by atoms with Gasteiger partial charge in [0, 0.05) is 0 Å². The van der Waals surface area contributed by atoms with Crippen LogP contribution in [0.4, 0.5) is 0 Å². The number of aromatic hydroxyl groups is 1. The number of ether oxygens (including phenoxy) is 1. The number of para-hydroxylation sites is 1. The van der Waals surface area contributed by atoms with Gasteiger partial charge in [-0.05, 0) is 18.6 Å². The molecule has 0 amide bonds. The summed E-state index contributed by atoms with van der Waals surface area (Å²) in [5, 5.41) is 18.5. The van der Waals surface area contributed by atoms with Crippen LogP contribution in [0.15, 0.2) is 24.3 Å². The number of carbonyl (C=O) groups is 1. The summed E-state index contributed by atoms with van der Waals surface area (Å²) in [4.78, 5) is 11.4. The van der Waals surface area contributed by atoms with Crippen molar-refractivity contribution in [2.75, 3.05) is 6.61 Å². The lowest BCUT2D eigenvalue weighted by atomic mass is 10.2. The summed E-state index contributed by atoms with van der Waals surface area (Å²) in [7, 11) is 0. The zero-order chi connectivity index (χ0) is 11.3. The number of aliphatic hydroxyl groups excluding tert-OH is 1. The van der Waals surface area contributed by atoms with Crippen molar-refractivity contribution in [3.63, 3.8) is 0 Å². The SMILES string of the molecule is CCC(O)COC(=O)c1ccccc1O. The Hall–Kier alpha value is -1.55. The van der Waals surface area contributed by atoms with Gasteiger partial charge in [0.05, 0.1) is 6.10 Å². The lowest BCUT2D eigenvalue weighted by molar-refractivity contribution is 0.0247. The minimum absolute atomic E-state index is 0.0519. The molecule has 15 heavy (non-hydrogen) atoms. The van der Waals surface area contributed by atoms with Crippen molar-refractivity contribution in [3.05, 3.63) is 29.8 Å². The monoisotopic (exact) mass is 210 g/mol. The fourth-order valence-corrected chi connectivity index (χ4v) is 1.01.